The Morgan fingerprint density at radius 1 is 0.833 bits per heavy atom. The van der Waals surface area contributed by atoms with E-state index in [1.165, 1.54) is 18.2 Å². The molecule has 6 nitrogen and oxygen atoms in total. The number of fused-ring (bicyclic) bond motifs is 1. The second-order valence-electron chi connectivity index (χ2n) is 4.77. The first-order valence-corrected chi connectivity index (χ1v) is 8.21. The first kappa shape index (κ1) is 17.5. The lowest BCUT2D eigenvalue weighted by Gasteiger charge is -2.03. The number of phenols is 1. The van der Waals surface area contributed by atoms with Crippen LogP contribution >= 0.6 is 0 Å². The summed E-state index contributed by atoms with van der Waals surface area (Å²) >= 11 is 0. The van der Waals surface area contributed by atoms with Crippen molar-refractivity contribution < 1.29 is 28.0 Å². The Labute approximate surface area is 138 Å². The Balaban J connectivity index is 0.000000185. The van der Waals surface area contributed by atoms with E-state index in [0.29, 0.717) is 5.39 Å². The van der Waals surface area contributed by atoms with Crippen LogP contribution in [-0.2, 0) is 10.1 Å². The Morgan fingerprint density at radius 2 is 1.42 bits per heavy atom. The van der Waals surface area contributed by atoms with Crippen LogP contribution in [0.5, 0.6) is 5.75 Å². The van der Waals surface area contributed by atoms with Gasteiger partial charge in [-0.3, -0.25) is 4.55 Å². The lowest BCUT2D eigenvalue weighted by molar-refractivity contribution is 0.0696. The van der Waals surface area contributed by atoms with Gasteiger partial charge in [-0.15, -0.1) is 0 Å². The highest BCUT2D eigenvalue weighted by Crippen LogP contribution is 2.26. The topological polar surface area (TPSA) is 112 Å². The molecule has 0 unspecified atom stereocenters. The van der Waals surface area contributed by atoms with Gasteiger partial charge in [0.25, 0.3) is 10.1 Å². The normalized spacial score (nSPS) is 10.7. The van der Waals surface area contributed by atoms with E-state index in [1.807, 2.05) is 6.07 Å². The fourth-order valence-electron chi connectivity index (χ4n) is 2.08. The van der Waals surface area contributed by atoms with Gasteiger partial charge in [-0.2, -0.15) is 8.42 Å². The van der Waals surface area contributed by atoms with Crippen molar-refractivity contribution in [2.45, 2.75) is 4.90 Å². The van der Waals surface area contributed by atoms with Crippen molar-refractivity contribution in [1.82, 2.24) is 0 Å². The van der Waals surface area contributed by atoms with E-state index >= 15 is 0 Å². The number of carboxylic acid groups (broad SMARTS) is 1. The van der Waals surface area contributed by atoms with Gasteiger partial charge in [0, 0.05) is 0 Å². The maximum Gasteiger partial charge on any atom is 0.340 e. The molecular weight excluding hydrogens is 332 g/mol. The van der Waals surface area contributed by atoms with Crippen molar-refractivity contribution in [2.75, 3.05) is 0 Å². The van der Waals surface area contributed by atoms with Gasteiger partial charge in [0.05, 0.1) is 4.90 Å². The van der Waals surface area contributed by atoms with Gasteiger partial charge < -0.3 is 10.2 Å². The predicted molar refractivity (Wildman–Crippen MR) is 88.8 cm³/mol. The molecule has 0 bridgehead atoms. The highest BCUT2D eigenvalue weighted by Gasteiger charge is 2.12. The third-order valence-corrected chi connectivity index (χ3v) is 4.03. The van der Waals surface area contributed by atoms with E-state index in [4.69, 9.17) is 9.66 Å². The maximum atomic E-state index is 10.9. The van der Waals surface area contributed by atoms with Crippen molar-refractivity contribution in [1.29, 1.82) is 0 Å². The Morgan fingerprint density at radius 3 is 1.96 bits per heavy atom. The van der Waals surface area contributed by atoms with E-state index in [1.54, 1.807) is 42.5 Å². The summed E-state index contributed by atoms with van der Waals surface area (Å²) in [6.07, 6.45) is 0. The molecule has 0 amide bonds. The molecule has 0 saturated carbocycles. The van der Waals surface area contributed by atoms with Gasteiger partial charge in [0.1, 0.15) is 11.3 Å². The number of hydrogen-bond acceptors (Lipinski definition) is 4. The molecule has 0 fully saturated rings. The third-order valence-electron chi connectivity index (χ3n) is 3.16. The average Bonchev–Trinajstić information content (AvgIpc) is 2.55. The molecule has 24 heavy (non-hydrogen) atoms. The van der Waals surface area contributed by atoms with E-state index in [2.05, 4.69) is 0 Å². The summed E-state index contributed by atoms with van der Waals surface area (Å²) in [5.41, 5.74) is -0.0388. The summed E-state index contributed by atoms with van der Waals surface area (Å²) in [6.45, 7) is 0. The number of aromatic carboxylic acids is 1. The van der Waals surface area contributed by atoms with Crippen LogP contribution in [-0.4, -0.2) is 29.2 Å². The number of aromatic hydroxyl groups is 1. The summed E-state index contributed by atoms with van der Waals surface area (Å²) in [6, 6.07) is 17.6. The van der Waals surface area contributed by atoms with Crippen molar-refractivity contribution in [3.05, 3.63) is 72.3 Å². The number of carbonyl (C=O) groups is 1. The molecule has 3 N–H and O–H groups in total. The molecule has 3 aromatic carbocycles. The standard InChI is InChI=1S/C11H8O3.C6H6O3S/c12-9-6-5-7-3-1-2-4-8(7)10(9)11(13)14;7-10(8,9)6-4-2-1-3-5-6/h1-6,12H,(H,13,14);1-5H,(H,7,8,9). The molecular formula is C17H14O6S. The zero-order valence-corrected chi connectivity index (χ0v) is 13.1. The van der Waals surface area contributed by atoms with Crippen LogP contribution in [0.2, 0.25) is 0 Å². The van der Waals surface area contributed by atoms with Crippen LogP contribution in [0.25, 0.3) is 10.8 Å². The Kier molecular flexibility index (Phi) is 5.18. The van der Waals surface area contributed by atoms with Crippen LogP contribution in [0.4, 0.5) is 0 Å². The molecule has 7 heteroatoms. The fourth-order valence-corrected chi connectivity index (χ4v) is 2.58. The second-order valence-corrected chi connectivity index (χ2v) is 6.20. The molecule has 3 rings (SSSR count). The van der Waals surface area contributed by atoms with E-state index in [9.17, 15) is 18.3 Å². The van der Waals surface area contributed by atoms with Crippen LogP contribution in [0.3, 0.4) is 0 Å². The highest BCUT2D eigenvalue weighted by atomic mass is 32.2. The second kappa shape index (κ2) is 7.12. The van der Waals surface area contributed by atoms with Gasteiger partial charge in [-0.05, 0) is 29.0 Å². The van der Waals surface area contributed by atoms with Crippen LogP contribution in [0.15, 0.2) is 71.6 Å². The first-order chi connectivity index (χ1) is 11.3. The minimum atomic E-state index is -4.00. The zero-order chi connectivity index (χ0) is 17.7. The van der Waals surface area contributed by atoms with E-state index in [0.717, 1.165) is 5.39 Å². The third kappa shape index (κ3) is 4.09. The number of hydrogen-bond donors (Lipinski definition) is 3. The highest BCUT2D eigenvalue weighted by molar-refractivity contribution is 7.85. The molecule has 0 aliphatic carbocycles. The molecule has 3 aromatic rings. The molecule has 0 atom stereocenters. The molecule has 0 aliphatic heterocycles. The SMILES string of the molecule is O=C(O)c1c(O)ccc2ccccc12.O=S(=O)(O)c1ccccc1. The van der Waals surface area contributed by atoms with Gasteiger partial charge in [-0.1, -0.05) is 48.5 Å². The number of rotatable bonds is 2. The van der Waals surface area contributed by atoms with Gasteiger partial charge in [0.15, 0.2) is 0 Å². The minimum absolute atomic E-state index is 0.0388. The quantitative estimate of drug-likeness (QED) is 0.614. The van der Waals surface area contributed by atoms with Crippen molar-refractivity contribution in [2.24, 2.45) is 0 Å². The molecule has 0 saturated heterocycles. The molecule has 0 aromatic heterocycles. The maximum absolute atomic E-state index is 10.9. The summed E-state index contributed by atoms with van der Waals surface area (Å²) in [5.74, 6) is -1.31. The van der Waals surface area contributed by atoms with Crippen molar-refractivity contribution >= 4 is 26.9 Å². The lowest BCUT2D eigenvalue weighted by Crippen LogP contribution is -1.97. The summed E-state index contributed by atoms with van der Waals surface area (Å²) < 4.78 is 29.2. The Hall–Kier alpha value is -2.90. The van der Waals surface area contributed by atoms with E-state index < -0.39 is 16.1 Å². The summed E-state index contributed by atoms with van der Waals surface area (Å²) in [5, 5.41) is 19.7. The first-order valence-electron chi connectivity index (χ1n) is 6.77. The van der Waals surface area contributed by atoms with Crippen molar-refractivity contribution in [3.63, 3.8) is 0 Å². The molecule has 0 aliphatic rings. The summed E-state index contributed by atoms with van der Waals surface area (Å²) in [4.78, 5) is 10.8. The van der Waals surface area contributed by atoms with Crippen LogP contribution in [0, 0.1) is 0 Å². The molecule has 0 heterocycles. The fraction of sp³-hybridized carbons (Fsp3) is 0. The van der Waals surface area contributed by atoms with Crippen LogP contribution in [0.1, 0.15) is 10.4 Å². The zero-order valence-electron chi connectivity index (χ0n) is 12.3. The molecule has 124 valence electrons. The lowest BCUT2D eigenvalue weighted by atomic mass is 10.0. The largest absolute Gasteiger partial charge is 0.507 e. The number of carboxylic acids is 1. The smallest absolute Gasteiger partial charge is 0.340 e. The van der Waals surface area contributed by atoms with Gasteiger partial charge >= 0.3 is 5.97 Å². The average molecular weight is 346 g/mol. The van der Waals surface area contributed by atoms with Crippen LogP contribution < -0.4 is 0 Å². The molecule has 0 spiro atoms. The molecule has 0 radical (unpaired) electrons. The van der Waals surface area contributed by atoms with Gasteiger partial charge in [0.2, 0.25) is 0 Å². The Bertz CT molecular complexity index is 965. The van der Waals surface area contributed by atoms with Gasteiger partial charge in [-0.25, -0.2) is 4.79 Å². The predicted octanol–water partition coefficient (Wildman–Crippen LogP) is 3.18. The van der Waals surface area contributed by atoms with E-state index in [-0.39, 0.29) is 16.2 Å². The van der Waals surface area contributed by atoms with Crippen molar-refractivity contribution in [3.8, 4) is 5.75 Å². The minimum Gasteiger partial charge on any atom is -0.507 e. The monoisotopic (exact) mass is 346 g/mol. The summed E-state index contributed by atoms with van der Waals surface area (Å²) in [7, 11) is -4.00. The number of benzene rings is 3.